The smallest absolute Gasteiger partial charge is 0.124 e. The number of benzene rings is 1. The molecule has 1 aliphatic heterocycles. The number of hydrogen-bond acceptors (Lipinski definition) is 5. The summed E-state index contributed by atoms with van der Waals surface area (Å²) in [6, 6.07) is 5.66. The average Bonchev–Trinajstić information content (AvgIpc) is 2.86. The Morgan fingerprint density at radius 3 is 2.65 bits per heavy atom. The number of rotatable bonds is 10. The van der Waals surface area contributed by atoms with Crippen LogP contribution in [0.2, 0.25) is 5.02 Å². The van der Waals surface area contributed by atoms with Crippen LogP contribution in [0.15, 0.2) is 18.2 Å². The highest BCUT2D eigenvalue weighted by molar-refractivity contribution is 6.30. The predicted octanol–water partition coefficient (Wildman–Crippen LogP) is 2.61. The first-order valence-corrected chi connectivity index (χ1v) is 10.1. The van der Waals surface area contributed by atoms with Crippen LogP contribution in [0.3, 0.4) is 0 Å². The second-order valence-corrected chi connectivity index (χ2v) is 7.85. The predicted molar refractivity (Wildman–Crippen MR) is 108 cm³/mol. The summed E-state index contributed by atoms with van der Waals surface area (Å²) in [6.45, 7) is 5.73. The number of hydrogen-bond donors (Lipinski definition) is 2. The first-order valence-electron chi connectivity index (χ1n) is 9.71. The number of ether oxygens (including phenoxy) is 1. The first kappa shape index (κ1) is 21.5. The third-order valence-electron chi connectivity index (χ3n) is 4.67. The van der Waals surface area contributed by atoms with Crippen molar-refractivity contribution >= 4 is 11.6 Å². The van der Waals surface area contributed by atoms with E-state index in [2.05, 4.69) is 29.2 Å². The highest BCUT2D eigenvalue weighted by atomic mass is 35.5. The molecule has 6 heteroatoms. The third-order valence-corrected chi connectivity index (χ3v) is 4.91. The SMILES string of the molecule is CN(C)CCNCc1cc(Cl)ccc1OCC(O)CN1CCCCCC1. The molecule has 2 N–H and O–H groups in total. The van der Waals surface area contributed by atoms with E-state index in [1.54, 1.807) is 0 Å². The molecule has 0 bridgehead atoms. The van der Waals surface area contributed by atoms with Crippen LogP contribution in [-0.2, 0) is 6.54 Å². The van der Waals surface area contributed by atoms with Gasteiger partial charge in [-0.05, 0) is 58.2 Å². The van der Waals surface area contributed by atoms with Crippen molar-refractivity contribution in [3.8, 4) is 5.75 Å². The van der Waals surface area contributed by atoms with E-state index < -0.39 is 6.10 Å². The summed E-state index contributed by atoms with van der Waals surface area (Å²) in [4.78, 5) is 4.49. The van der Waals surface area contributed by atoms with Crippen molar-refractivity contribution in [3.05, 3.63) is 28.8 Å². The molecule has 0 saturated carbocycles. The molecule has 148 valence electrons. The molecule has 1 aromatic carbocycles. The molecular formula is C20H34ClN3O2. The minimum Gasteiger partial charge on any atom is -0.491 e. The quantitative estimate of drug-likeness (QED) is 0.608. The molecule has 2 rings (SSSR count). The van der Waals surface area contributed by atoms with Crippen molar-refractivity contribution < 1.29 is 9.84 Å². The molecule has 0 amide bonds. The monoisotopic (exact) mass is 383 g/mol. The Balaban J connectivity index is 1.81. The van der Waals surface area contributed by atoms with Crippen LogP contribution >= 0.6 is 11.6 Å². The number of aliphatic hydroxyl groups excluding tert-OH is 1. The molecule has 0 spiro atoms. The van der Waals surface area contributed by atoms with Gasteiger partial charge in [0.05, 0.1) is 0 Å². The largest absolute Gasteiger partial charge is 0.491 e. The van der Waals surface area contributed by atoms with E-state index in [9.17, 15) is 5.11 Å². The summed E-state index contributed by atoms with van der Waals surface area (Å²) < 4.78 is 5.92. The minimum absolute atomic E-state index is 0.308. The van der Waals surface area contributed by atoms with Crippen LogP contribution in [0.5, 0.6) is 5.75 Å². The van der Waals surface area contributed by atoms with E-state index in [0.717, 1.165) is 37.5 Å². The number of likely N-dealkylation sites (N-methyl/N-ethyl adjacent to an activating group) is 1. The van der Waals surface area contributed by atoms with E-state index in [1.807, 2.05) is 18.2 Å². The zero-order valence-corrected chi connectivity index (χ0v) is 17.0. The zero-order valence-electron chi connectivity index (χ0n) is 16.2. The van der Waals surface area contributed by atoms with Crippen LogP contribution in [0.1, 0.15) is 31.2 Å². The lowest BCUT2D eigenvalue weighted by Crippen LogP contribution is -2.36. The molecule has 26 heavy (non-hydrogen) atoms. The van der Waals surface area contributed by atoms with Gasteiger partial charge in [-0.3, -0.25) is 0 Å². The van der Waals surface area contributed by atoms with Gasteiger partial charge >= 0.3 is 0 Å². The summed E-state index contributed by atoms with van der Waals surface area (Å²) >= 11 is 6.14. The molecule has 1 aliphatic rings. The molecule has 1 unspecified atom stereocenters. The zero-order chi connectivity index (χ0) is 18.8. The Morgan fingerprint density at radius 1 is 1.23 bits per heavy atom. The number of aliphatic hydroxyl groups is 1. The molecule has 1 heterocycles. The van der Waals surface area contributed by atoms with Gasteiger partial charge in [-0.2, -0.15) is 0 Å². The van der Waals surface area contributed by atoms with Crippen molar-refractivity contribution in [2.45, 2.75) is 38.3 Å². The van der Waals surface area contributed by atoms with Gasteiger partial charge < -0.3 is 25.0 Å². The normalized spacial score (nSPS) is 17.3. The second-order valence-electron chi connectivity index (χ2n) is 7.41. The third kappa shape index (κ3) is 8.23. The number of halogens is 1. The fraction of sp³-hybridized carbons (Fsp3) is 0.700. The lowest BCUT2D eigenvalue weighted by Gasteiger charge is -2.23. The maximum atomic E-state index is 10.4. The fourth-order valence-electron chi connectivity index (χ4n) is 3.21. The van der Waals surface area contributed by atoms with Crippen LogP contribution in [-0.4, -0.2) is 74.4 Å². The summed E-state index contributed by atoms with van der Waals surface area (Å²) in [7, 11) is 4.11. The first-order chi connectivity index (χ1) is 12.5. The van der Waals surface area contributed by atoms with Gasteiger partial charge in [-0.25, -0.2) is 0 Å². The standard InChI is InChI=1S/C20H34ClN3O2/c1-23(2)12-9-22-14-17-13-18(21)7-8-20(17)26-16-19(25)15-24-10-5-3-4-6-11-24/h7-8,13,19,22,25H,3-6,9-12,14-16H2,1-2H3. The van der Waals surface area contributed by atoms with Gasteiger partial charge in [-0.15, -0.1) is 0 Å². The van der Waals surface area contributed by atoms with E-state index in [0.29, 0.717) is 24.7 Å². The van der Waals surface area contributed by atoms with Crippen molar-refractivity contribution in [2.24, 2.45) is 0 Å². The molecule has 1 aromatic rings. The van der Waals surface area contributed by atoms with Gasteiger partial charge in [-0.1, -0.05) is 24.4 Å². The van der Waals surface area contributed by atoms with Gasteiger partial charge in [0.25, 0.3) is 0 Å². The lowest BCUT2D eigenvalue weighted by atomic mass is 10.2. The van der Waals surface area contributed by atoms with Crippen molar-refractivity contribution in [1.82, 2.24) is 15.1 Å². The second kappa shape index (κ2) is 11.8. The number of nitrogens with one attached hydrogen (secondary N) is 1. The maximum Gasteiger partial charge on any atom is 0.124 e. The molecule has 5 nitrogen and oxygen atoms in total. The van der Waals surface area contributed by atoms with Crippen LogP contribution in [0, 0.1) is 0 Å². The topological polar surface area (TPSA) is 48.0 Å². The van der Waals surface area contributed by atoms with Gasteiger partial charge in [0, 0.05) is 36.8 Å². The highest BCUT2D eigenvalue weighted by Crippen LogP contribution is 2.23. The maximum absolute atomic E-state index is 10.4. The Labute approximate surface area is 163 Å². The summed E-state index contributed by atoms with van der Waals surface area (Å²) in [5.41, 5.74) is 1.03. The molecule has 0 aliphatic carbocycles. The molecule has 0 aromatic heterocycles. The van der Waals surface area contributed by atoms with Crippen molar-refractivity contribution in [2.75, 3.05) is 53.4 Å². The summed E-state index contributed by atoms with van der Waals surface area (Å²) in [5.74, 6) is 0.793. The number of likely N-dealkylation sites (tertiary alicyclic amines) is 1. The highest BCUT2D eigenvalue weighted by Gasteiger charge is 2.15. The molecular weight excluding hydrogens is 350 g/mol. The lowest BCUT2D eigenvalue weighted by molar-refractivity contribution is 0.0690. The van der Waals surface area contributed by atoms with Gasteiger partial charge in [0.2, 0.25) is 0 Å². The Hall–Kier alpha value is -0.850. The van der Waals surface area contributed by atoms with Crippen LogP contribution in [0.25, 0.3) is 0 Å². The minimum atomic E-state index is -0.474. The van der Waals surface area contributed by atoms with Gasteiger partial charge in [0.1, 0.15) is 18.5 Å². The van der Waals surface area contributed by atoms with Crippen molar-refractivity contribution in [1.29, 1.82) is 0 Å². The van der Waals surface area contributed by atoms with E-state index in [-0.39, 0.29) is 0 Å². The average molecular weight is 384 g/mol. The van der Waals surface area contributed by atoms with E-state index in [1.165, 1.54) is 25.7 Å². The van der Waals surface area contributed by atoms with Crippen LogP contribution < -0.4 is 10.1 Å². The van der Waals surface area contributed by atoms with Crippen LogP contribution in [0.4, 0.5) is 0 Å². The van der Waals surface area contributed by atoms with E-state index >= 15 is 0 Å². The fourth-order valence-corrected chi connectivity index (χ4v) is 3.40. The number of nitrogens with zero attached hydrogens (tertiary/aromatic N) is 2. The Bertz CT molecular complexity index is 520. The molecule has 1 saturated heterocycles. The number of β-amino-alcohol motifs (C(OH)–C–C–N with tert-alkyl or cyclic N) is 1. The Morgan fingerprint density at radius 2 is 1.96 bits per heavy atom. The Kier molecular flexibility index (Phi) is 9.72. The van der Waals surface area contributed by atoms with E-state index in [4.69, 9.17) is 16.3 Å². The van der Waals surface area contributed by atoms with Crippen molar-refractivity contribution in [3.63, 3.8) is 0 Å². The molecule has 1 atom stereocenters. The summed E-state index contributed by atoms with van der Waals surface area (Å²) in [5, 5.41) is 14.5. The molecule has 1 fully saturated rings. The molecule has 0 radical (unpaired) electrons. The van der Waals surface area contributed by atoms with Gasteiger partial charge in [0.15, 0.2) is 0 Å². The summed E-state index contributed by atoms with van der Waals surface area (Å²) in [6.07, 6.45) is 4.59.